The summed E-state index contributed by atoms with van der Waals surface area (Å²) in [6, 6.07) is 8.27. The molecule has 1 saturated heterocycles. The second kappa shape index (κ2) is 8.23. The van der Waals surface area contributed by atoms with E-state index in [1.807, 2.05) is 26.2 Å². The Morgan fingerprint density at radius 3 is 2.68 bits per heavy atom. The molecule has 122 valence electrons. The highest BCUT2D eigenvalue weighted by Crippen LogP contribution is 2.35. The molecule has 1 aliphatic heterocycles. The number of nitrogens with zero attached hydrogens (tertiary/aromatic N) is 2. The summed E-state index contributed by atoms with van der Waals surface area (Å²) in [5.74, 6) is 2.94. The van der Waals surface area contributed by atoms with Crippen molar-refractivity contribution >= 4 is 29.3 Å². The van der Waals surface area contributed by atoms with Crippen molar-refractivity contribution in [1.82, 2.24) is 9.80 Å². The first kappa shape index (κ1) is 17.6. The third-order valence-corrected chi connectivity index (χ3v) is 5.66. The second-order valence-electron chi connectivity index (χ2n) is 6.27. The van der Waals surface area contributed by atoms with Crippen molar-refractivity contribution in [2.24, 2.45) is 5.92 Å². The fraction of sp³-hybridized carbons (Fsp3) is 0.588. The number of carbonyl (C=O) groups excluding carboxylic acids is 1. The van der Waals surface area contributed by atoms with Crippen LogP contribution in [0.4, 0.5) is 0 Å². The molecule has 1 amide bonds. The monoisotopic (exact) mass is 340 g/mol. The van der Waals surface area contributed by atoms with Gasteiger partial charge in [0.25, 0.3) is 0 Å². The van der Waals surface area contributed by atoms with Crippen LogP contribution in [-0.2, 0) is 4.79 Å². The van der Waals surface area contributed by atoms with Gasteiger partial charge in [-0.05, 0) is 55.3 Å². The van der Waals surface area contributed by atoms with Crippen LogP contribution in [0, 0.1) is 5.92 Å². The van der Waals surface area contributed by atoms with Crippen LogP contribution in [0.1, 0.15) is 17.9 Å². The molecule has 1 heterocycles. The minimum absolute atomic E-state index is 0.192. The lowest BCUT2D eigenvalue weighted by atomic mass is 9.81. The maximum atomic E-state index is 11.7. The van der Waals surface area contributed by atoms with E-state index in [4.69, 9.17) is 11.6 Å². The van der Waals surface area contributed by atoms with Gasteiger partial charge in [0.05, 0.1) is 5.75 Å². The number of hydrogen-bond donors (Lipinski definition) is 0. The van der Waals surface area contributed by atoms with E-state index in [1.165, 1.54) is 12.0 Å². The van der Waals surface area contributed by atoms with E-state index >= 15 is 0 Å². The smallest absolute Gasteiger partial charge is 0.232 e. The molecule has 0 unspecified atom stereocenters. The van der Waals surface area contributed by atoms with Gasteiger partial charge in [-0.1, -0.05) is 23.7 Å². The van der Waals surface area contributed by atoms with Crippen molar-refractivity contribution in [2.75, 3.05) is 45.7 Å². The zero-order valence-corrected chi connectivity index (χ0v) is 15.2. The second-order valence-corrected chi connectivity index (χ2v) is 7.74. The van der Waals surface area contributed by atoms with E-state index in [2.05, 4.69) is 24.1 Å². The fourth-order valence-corrected chi connectivity index (χ4v) is 4.28. The number of carbonyl (C=O) groups is 1. The lowest BCUT2D eigenvalue weighted by molar-refractivity contribution is -0.125. The highest BCUT2D eigenvalue weighted by Gasteiger charge is 2.29. The molecule has 0 aliphatic carbocycles. The number of benzene rings is 1. The SMILES string of the molecule is CN1CC[C@H](c2ccc(Cl)cc2)[C@@H](CSCC(=O)N(C)C)C1. The van der Waals surface area contributed by atoms with Crippen LogP contribution in [-0.4, -0.2) is 61.4 Å². The van der Waals surface area contributed by atoms with Gasteiger partial charge in [0.1, 0.15) is 0 Å². The van der Waals surface area contributed by atoms with Crippen LogP contribution in [0.5, 0.6) is 0 Å². The van der Waals surface area contributed by atoms with Gasteiger partial charge < -0.3 is 9.80 Å². The minimum atomic E-state index is 0.192. The Morgan fingerprint density at radius 2 is 2.05 bits per heavy atom. The van der Waals surface area contributed by atoms with E-state index in [1.54, 1.807) is 16.7 Å². The van der Waals surface area contributed by atoms with Crippen LogP contribution in [0.3, 0.4) is 0 Å². The molecule has 2 rings (SSSR count). The van der Waals surface area contributed by atoms with Gasteiger partial charge in [-0.2, -0.15) is 11.8 Å². The Balaban J connectivity index is 1.97. The van der Waals surface area contributed by atoms with Crippen molar-refractivity contribution in [3.8, 4) is 0 Å². The quantitative estimate of drug-likeness (QED) is 0.822. The van der Waals surface area contributed by atoms with Crippen molar-refractivity contribution in [3.05, 3.63) is 34.9 Å². The Morgan fingerprint density at radius 1 is 1.36 bits per heavy atom. The summed E-state index contributed by atoms with van der Waals surface area (Å²) in [7, 11) is 5.81. The summed E-state index contributed by atoms with van der Waals surface area (Å²) in [5, 5.41) is 0.791. The summed E-state index contributed by atoms with van der Waals surface area (Å²) < 4.78 is 0. The van der Waals surface area contributed by atoms with Gasteiger partial charge in [-0.3, -0.25) is 4.79 Å². The van der Waals surface area contributed by atoms with Crippen molar-refractivity contribution < 1.29 is 4.79 Å². The number of thioether (sulfide) groups is 1. The maximum Gasteiger partial charge on any atom is 0.232 e. The summed E-state index contributed by atoms with van der Waals surface area (Å²) in [4.78, 5) is 15.8. The number of amides is 1. The first-order valence-corrected chi connectivity index (χ1v) is 9.22. The van der Waals surface area contributed by atoms with Crippen LogP contribution in [0.2, 0.25) is 5.02 Å². The van der Waals surface area contributed by atoms with E-state index in [-0.39, 0.29) is 5.91 Å². The molecule has 1 aromatic carbocycles. The summed E-state index contributed by atoms with van der Waals surface area (Å²) in [6.07, 6.45) is 1.17. The molecule has 0 N–H and O–H groups in total. The Hall–Kier alpha value is -0.710. The molecule has 0 aromatic heterocycles. The lowest BCUT2D eigenvalue weighted by Crippen LogP contribution is -2.38. The number of likely N-dealkylation sites (tertiary alicyclic amines) is 1. The third kappa shape index (κ3) is 4.90. The van der Waals surface area contributed by atoms with E-state index in [9.17, 15) is 4.79 Å². The van der Waals surface area contributed by atoms with Crippen molar-refractivity contribution in [2.45, 2.75) is 12.3 Å². The predicted octanol–water partition coefficient (Wildman–Crippen LogP) is 3.20. The number of piperidine rings is 1. The molecule has 0 spiro atoms. The first-order chi connectivity index (χ1) is 10.5. The molecule has 1 aliphatic rings. The minimum Gasteiger partial charge on any atom is -0.348 e. The van der Waals surface area contributed by atoms with Crippen LogP contribution in [0.25, 0.3) is 0 Å². The molecule has 5 heteroatoms. The Kier molecular flexibility index (Phi) is 6.60. The molecule has 0 saturated carbocycles. The van der Waals surface area contributed by atoms with Crippen LogP contribution >= 0.6 is 23.4 Å². The lowest BCUT2D eigenvalue weighted by Gasteiger charge is -2.37. The normalized spacial score (nSPS) is 22.5. The van der Waals surface area contributed by atoms with Gasteiger partial charge in [-0.15, -0.1) is 0 Å². The average molecular weight is 341 g/mol. The maximum absolute atomic E-state index is 11.7. The molecule has 0 bridgehead atoms. The van der Waals surface area contributed by atoms with Crippen molar-refractivity contribution in [3.63, 3.8) is 0 Å². The molecule has 1 fully saturated rings. The first-order valence-electron chi connectivity index (χ1n) is 7.69. The topological polar surface area (TPSA) is 23.6 Å². The van der Waals surface area contributed by atoms with Gasteiger partial charge in [-0.25, -0.2) is 0 Å². The Labute approximate surface area is 143 Å². The van der Waals surface area contributed by atoms with E-state index < -0.39 is 0 Å². The molecule has 22 heavy (non-hydrogen) atoms. The summed E-state index contributed by atoms with van der Waals surface area (Å²) in [6.45, 7) is 2.22. The highest BCUT2D eigenvalue weighted by molar-refractivity contribution is 7.99. The van der Waals surface area contributed by atoms with E-state index in [0.29, 0.717) is 17.6 Å². The number of hydrogen-bond acceptors (Lipinski definition) is 3. The summed E-state index contributed by atoms with van der Waals surface area (Å²) in [5.41, 5.74) is 1.38. The fourth-order valence-electron chi connectivity index (χ4n) is 2.96. The third-order valence-electron chi connectivity index (χ3n) is 4.29. The van der Waals surface area contributed by atoms with Gasteiger partial charge in [0.2, 0.25) is 5.91 Å². The molecular weight excluding hydrogens is 316 g/mol. The van der Waals surface area contributed by atoms with Gasteiger partial charge in [0.15, 0.2) is 0 Å². The average Bonchev–Trinajstić information content (AvgIpc) is 2.48. The molecule has 3 nitrogen and oxygen atoms in total. The van der Waals surface area contributed by atoms with E-state index in [0.717, 1.165) is 23.9 Å². The van der Waals surface area contributed by atoms with Gasteiger partial charge in [0, 0.05) is 25.7 Å². The molecular formula is C17H25ClN2OS. The van der Waals surface area contributed by atoms with Crippen LogP contribution < -0.4 is 0 Å². The predicted molar refractivity (Wildman–Crippen MR) is 95.8 cm³/mol. The zero-order valence-electron chi connectivity index (χ0n) is 13.6. The Bertz CT molecular complexity index is 492. The standard InChI is InChI=1S/C17H25ClN2OS/c1-19(2)17(21)12-22-11-14-10-20(3)9-8-16(14)13-4-6-15(18)7-5-13/h4-7,14,16H,8-12H2,1-3H3/t14-,16-/m1/s1. The summed E-state index contributed by atoms with van der Waals surface area (Å²) >= 11 is 7.76. The molecule has 1 aromatic rings. The number of rotatable bonds is 5. The largest absolute Gasteiger partial charge is 0.348 e. The number of halogens is 1. The van der Waals surface area contributed by atoms with Crippen molar-refractivity contribution in [1.29, 1.82) is 0 Å². The van der Waals surface area contributed by atoms with Crippen LogP contribution in [0.15, 0.2) is 24.3 Å². The zero-order chi connectivity index (χ0) is 16.1. The molecule has 0 radical (unpaired) electrons. The van der Waals surface area contributed by atoms with Gasteiger partial charge >= 0.3 is 0 Å². The highest BCUT2D eigenvalue weighted by atomic mass is 35.5. The molecule has 2 atom stereocenters.